The lowest BCUT2D eigenvalue weighted by Gasteiger charge is -2.34. The van der Waals surface area contributed by atoms with Crippen molar-refractivity contribution in [1.29, 1.82) is 0 Å². The zero-order chi connectivity index (χ0) is 20.7. The second kappa shape index (κ2) is 10.1. The van der Waals surface area contributed by atoms with Gasteiger partial charge in [-0.05, 0) is 31.2 Å². The smallest absolute Gasteiger partial charge is 0.250 e. The molecular weight excluding hydrogens is 408 g/mol. The van der Waals surface area contributed by atoms with Gasteiger partial charge in [-0.25, -0.2) is 13.1 Å². The summed E-state index contributed by atoms with van der Waals surface area (Å²) in [5, 5.41) is 3.24. The van der Waals surface area contributed by atoms with Crippen molar-refractivity contribution in [3.05, 3.63) is 47.3 Å². The van der Waals surface area contributed by atoms with E-state index in [0.29, 0.717) is 17.3 Å². The number of likely N-dealkylation sites (tertiary alicyclic amines) is 1. The molecule has 0 spiro atoms. The summed E-state index contributed by atoms with van der Waals surface area (Å²) in [6.45, 7) is 4.35. The monoisotopic (exact) mass is 436 g/mol. The highest BCUT2D eigenvalue weighted by atomic mass is 32.2. The molecule has 2 aromatic rings. The first-order chi connectivity index (χ1) is 14.0. The lowest BCUT2D eigenvalue weighted by atomic mass is 10.1. The molecule has 1 saturated heterocycles. The predicted octanol–water partition coefficient (Wildman–Crippen LogP) is 2.45. The third-order valence-electron chi connectivity index (χ3n) is 4.68. The van der Waals surface area contributed by atoms with Crippen LogP contribution in [-0.4, -0.2) is 58.6 Å². The number of nitrogens with zero attached hydrogens (tertiary/aromatic N) is 2. The van der Waals surface area contributed by atoms with Gasteiger partial charge in [-0.15, -0.1) is 11.3 Å². The number of piperidine rings is 1. The zero-order valence-corrected chi connectivity index (χ0v) is 18.4. The molecule has 0 radical (unpaired) electrons. The Morgan fingerprint density at radius 3 is 2.52 bits per heavy atom. The van der Waals surface area contributed by atoms with Gasteiger partial charge in [0.2, 0.25) is 10.0 Å². The lowest BCUT2D eigenvalue weighted by Crippen LogP contribution is -2.48. The van der Waals surface area contributed by atoms with E-state index >= 15 is 0 Å². The molecule has 1 aromatic carbocycles. The second-order valence-electron chi connectivity index (χ2n) is 6.85. The summed E-state index contributed by atoms with van der Waals surface area (Å²) in [4.78, 5) is 7.49. The van der Waals surface area contributed by atoms with Gasteiger partial charge in [0, 0.05) is 50.9 Å². The molecule has 0 saturated carbocycles. The number of sulfonamides is 1. The van der Waals surface area contributed by atoms with Crippen LogP contribution >= 0.6 is 11.3 Å². The Labute approximate surface area is 176 Å². The molecule has 29 heavy (non-hydrogen) atoms. The minimum atomic E-state index is -3.45. The highest BCUT2D eigenvalue weighted by Crippen LogP contribution is 2.20. The summed E-state index contributed by atoms with van der Waals surface area (Å²) in [6, 6.07) is 13.3. The Bertz CT molecular complexity index is 905. The van der Waals surface area contributed by atoms with Crippen LogP contribution in [0.1, 0.15) is 17.7 Å². The zero-order valence-electron chi connectivity index (χ0n) is 16.8. The second-order valence-corrected chi connectivity index (χ2v) is 10.1. The maximum absolute atomic E-state index is 12.3. The maximum Gasteiger partial charge on any atom is 0.250 e. The first-order valence-corrected chi connectivity index (χ1v) is 12.0. The molecule has 158 valence electrons. The van der Waals surface area contributed by atoms with Crippen LogP contribution in [0.4, 0.5) is 0 Å². The maximum atomic E-state index is 12.3. The molecule has 1 aliphatic heterocycles. The third kappa shape index (κ3) is 6.19. The van der Waals surface area contributed by atoms with Crippen LogP contribution in [0, 0.1) is 6.92 Å². The lowest BCUT2D eigenvalue weighted by molar-refractivity contribution is 0.129. The summed E-state index contributed by atoms with van der Waals surface area (Å²) in [5.74, 6) is 1.69. The number of guanidine groups is 1. The van der Waals surface area contributed by atoms with Gasteiger partial charge >= 0.3 is 0 Å². The highest BCUT2D eigenvalue weighted by Gasteiger charge is 2.23. The predicted molar refractivity (Wildman–Crippen MR) is 117 cm³/mol. The third-order valence-corrected chi connectivity index (χ3v) is 7.63. The molecule has 3 rings (SSSR count). The van der Waals surface area contributed by atoms with Crippen LogP contribution in [0.2, 0.25) is 0 Å². The molecule has 1 fully saturated rings. The summed E-state index contributed by atoms with van der Waals surface area (Å²) >= 11 is 1.27. The molecule has 0 amide bonds. The Hall–Kier alpha value is -2.10. The van der Waals surface area contributed by atoms with Crippen LogP contribution in [0.3, 0.4) is 0 Å². The number of para-hydroxylation sites is 1. The SMILES string of the molecule is CN=C(NCCNS(=O)(=O)c1ccc(C)s1)N1CCC(Oc2ccccc2)CC1. The van der Waals surface area contributed by atoms with Gasteiger partial charge in [0.1, 0.15) is 16.1 Å². The first-order valence-electron chi connectivity index (χ1n) is 9.71. The fourth-order valence-electron chi connectivity index (χ4n) is 3.20. The van der Waals surface area contributed by atoms with E-state index in [2.05, 4.69) is 19.9 Å². The fraction of sp³-hybridized carbons (Fsp3) is 0.450. The number of benzene rings is 1. The van der Waals surface area contributed by atoms with E-state index in [1.165, 1.54) is 11.3 Å². The quantitative estimate of drug-likeness (QED) is 0.396. The van der Waals surface area contributed by atoms with Gasteiger partial charge in [0.25, 0.3) is 0 Å². The molecule has 1 aliphatic rings. The number of rotatable bonds is 7. The number of nitrogens with one attached hydrogen (secondary N) is 2. The van der Waals surface area contributed by atoms with Crippen molar-refractivity contribution in [1.82, 2.24) is 14.9 Å². The van der Waals surface area contributed by atoms with E-state index in [0.717, 1.165) is 42.5 Å². The van der Waals surface area contributed by atoms with Crippen molar-refractivity contribution in [2.45, 2.75) is 30.1 Å². The van der Waals surface area contributed by atoms with Gasteiger partial charge in [-0.2, -0.15) is 0 Å². The summed E-state index contributed by atoms with van der Waals surface area (Å²) in [5.41, 5.74) is 0. The Balaban J connectivity index is 1.41. The average Bonchev–Trinajstić information content (AvgIpc) is 3.17. The van der Waals surface area contributed by atoms with Gasteiger partial charge in [-0.3, -0.25) is 4.99 Å². The standard InChI is InChI=1S/C20H28N4O3S2/c1-16-8-9-19(28-16)29(25,26)23-13-12-22-20(21-2)24-14-10-18(11-15-24)27-17-6-4-3-5-7-17/h3-9,18,23H,10-15H2,1-2H3,(H,21,22). The van der Waals surface area contributed by atoms with Gasteiger partial charge < -0.3 is 15.0 Å². The van der Waals surface area contributed by atoms with Gasteiger partial charge in [0.15, 0.2) is 5.96 Å². The van der Waals surface area contributed by atoms with Crippen molar-refractivity contribution in [3.8, 4) is 5.75 Å². The van der Waals surface area contributed by atoms with Crippen LogP contribution in [0.15, 0.2) is 51.7 Å². The fourth-order valence-corrected chi connectivity index (χ4v) is 5.56. The van der Waals surface area contributed by atoms with Crippen molar-refractivity contribution in [3.63, 3.8) is 0 Å². The van der Waals surface area contributed by atoms with Crippen LogP contribution in [-0.2, 0) is 10.0 Å². The number of thiophene rings is 1. The molecule has 2 N–H and O–H groups in total. The van der Waals surface area contributed by atoms with E-state index in [-0.39, 0.29) is 6.10 Å². The number of ether oxygens (including phenoxy) is 1. The van der Waals surface area contributed by atoms with E-state index < -0.39 is 10.0 Å². The summed E-state index contributed by atoms with van der Waals surface area (Å²) in [6.07, 6.45) is 2.03. The minimum absolute atomic E-state index is 0.202. The molecule has 0 unspecified atom stereocenters. The summed E-state index contributed by atoms with van der Waals surface area (Å²) < 4.78 is 33.5. The number of aliphatic imine (C=N–C) groups is 1. The largest absolute Gasteiger partial charge is 0.490 e. The van der Waals surface area contributed by atoms with Crippen LogP contribution < -0.4 is 14.8 Å². The Morgan fingerprint density at radius 2 is 1.90 bits per heavy atom. The molecule has 7 nitrogen and oxygen atoms in total. The molecule has 9 heteroatoms. The molecule has 0 bridgehead atoms. The minimum Gasteiger partial charge on any atom is -0.490 e. The van der Waals surface area contributed by atoms with Gasteiger partial charge in [0.05, 0.1) is 0 Å². The average molecular weight is 437 g/mol. The van der Waals surface area contributed by atoms with Crippen molar-refractivity contribution >= 4 is 27.3 Å². The number of aryl methyl sites for hydroxylation is 1. The molecule has 1 aromatic heterocycles. The molecule has 0 aliphatic carbocycles. The van der Waals surface area contributed by atoms with E-state index in [1.54, 1.807) is 13.1 Å². The molecule has 0 atom stereocenters. The topological polar surface area (TPSA) is 83.0 Å². The molecule has 2 heterocycles. The van der Waals surface area contributed by atoms with Crippen molar-refractivity contribution in [2.75, 3.05) is 33.2 Å². The van der Waals surface area contributed by atoms with E-state index in [9.17, 15) is 8.42 Å². The molecular formula is C20H28N4O3S2. The van der Waals surface area contributed by atoms with Gasteiger partial charge in [-0.1, -0.05) is 18.2 Å². The van der Waals surface area contributed by atoms with Crippen LogP contribution in [0.5, 0.6) is 5.75 Å². The number of hydrogen-bond donors (Lipinski definition) is 2. The summed E-state index contributed by atoms with van der Waals surface area (Å²) in [7, 11) is -1.70. The Morgan fingerprint density at radius 1 is 1.17 bits per heavy atom. The highest BCUT2D eigenvalue weighted by molar-refractivity contribution is 7.91. The van der Waals surface area contributed by atoms with Crippen molar-refractivity contribution in [2.24, 2.45) is 4.99 Å². The first kappa shape index (κ1) is 21.6. The van der Waals surface area contributed by atoms with Crippen LogP contribution in [0.25, 0.3) is 0 Å². The number of hydrogen-bond acceptors (Lipinski definition) is 5. The van der Waals surface area contributed by atoms with E-state index in [1.807, 2.05) is 43.3 Å². The van der Waals surface area contributed by atoms with E-state index in [4.69, 9.17) is 4.74 Å². The normalized spacial score (nSPS) is 16.1. The Kier molecular flexibility index (Phi) is 7.51. The van der Waals surface area contributed by atoms with Crippen molar-refractivity contribution < 1.29 is 13.2 Å².